The predicted octanol–water partition coefficient (Wildman–Crippen LogP) is 4.25. The third kappa shape index (κ3) is 2.74. The second-order valence-corrected chi connectivity index (χ2v) is 5.72. The second-order valence-electron chi connectivity index (χ2n) is 5.72. The van der Waals surface area contributed by atoms with Crippen LogP contribution < -0.4 is 4.74 Å². The van der Waals surface area contributed by atoms with Crippen LogP contribution in [0.1, 0.15) is 40.4 Å². The number of allylic oxidation sites excluding steroid dienone is 1. The molecule has 3 nitrogen and oxygen atoms in total. The SMILES string of the molecule is COC(=O)c1ccc2c(c1)C(c1ccccc1OC)=C(C)CC2. The molecule has 0 amide bonds. The lowest BCUT2D eigenvalue weighted by atomic mass is 9.82. The van der Waals surface area contributed by atoms with Crippen molar-refractivity contribution in [1.82, 2.24) is 0 Å². The van der Waals surface area contributed by atoms with Gasteiger partial charge in [0, 0.05) is 5.56 Å². The minimum atomic E-state index is -0.310. The van der Waals surface area contributed by atoms with Crippen LogP contribution >= 0.6 is 0 Å². The maximum absolute atomic E-state index is 11.9. The average Bonchev–Trinajstić information content (AvgIpc) is 2.60. The molecule has 1 aliphatic rings. The molecule has 0 atom stereocenters. The van der Waals surface area contributed by atoms with Crippen molar-refractivity contribution in [3.05, 3.63) is 70.3 Å². The molecular weight excluding hydrogens is 288 g/mol. The molecule has 118 valence electrons. The lowest BCUT2D eigenvalue weighted by Gasteiger charge is -2.24. The summed E-state index contributed by atoms with van der Waals surface area (Å²) in [6, 6.07) is 13.8. The Kier molecular flexibility index (Phi) is 4.20. The van der Waals surface area contributed by atoms with Gasteiger partial charge < -0.3 is 9.47 Å². The molecule has 0 N–H and O–H groups in total. The number of rotatable bonds is 3. The van der Waals surface area contributed by atoms with Gasteiger partial charge in [0.2, 0.25) is 0 Å². The highest BCUT2D eigenvalue weighted by Gasteiger charge is 2.22. The number of para-hydroxylation sites is 1. The summed E-state index contributed by atoms with van der Waals surface area (Å²) in [5, 5.41) is 0. The number of esters is 1. The van der Waals surface area contributed by atoms with Crippen molar-refractivity contribution >= 4 is 11.5 Å². The van der Waals surface area contributed by atoms with Crippen LogP contribution in [-0.4, -0.2) is 20.2 Å². The van der Waals surface area contributed by atoms with Crippen molar-refractivity contribution in [3.63, 3.8) is 0 Å². The van der Waals surface area contributed by atoms with Gasteiger partial charge in [0.15, 0.2) is 0 Å². The van der Waals surface area contributed by atoms with Gasteiger partial charge in [-0.2, -0.15) is 0 Å². The van der Waals surface area contributed by atoms with E-state index in [4.69, 9.17) is 9.47 Å². The van der Waals surface area contributed by atoms with Gasteiger partial charge in [0.05, 0.1) is 19.8 Å². The zero-order chi connectivity index (χ0) is 16.4. The summed E-state index contributed by atoms with van der Waals surface area (Å²) in [5.74, 6) is 0.536. The van der Waals surface area contributed by atoms with E-state index in [1.807, 2.05) is 36.4 Å². The topological polar surface area (TPSA) is 35.5 Å². The number of fused-ring (bicyclic) bond motifs is 1. The van der Waals surface area contributed by atoms with Crippen molar-refractivity contribution in [3.8, 4) is 5.75 Å². The summed E-state index contributed by atoms with van der Waals surface area (Å²) in [5.41, 5.74) is 6.47. The molecule has 0 heterocycles. The van der Waals surface area contributed by atoms with Crippen molar-refractivity contribution < 1.29 is 14.3 Å². The molecule has 0 spiro atoms. The number of hydrogen-bond acceptors (Lipinski definition) is 3. The molecule has 0 bridgehead atoms. The molecule has 0 unspecified atom stereocenters. The molecular formula is C20H20O3. The van der Waals surface area contributed by atoms with Crippen LogP contribution in [0.25, 0.3) is 5.57 Å². The highest BCUT2D eigenvalue weighted by Crippen LogP contribution is 2.39. The van der Waals surface area contributed by atoms with Gasteiger partial charge in [0.25, 0.3) is 0 Å². The average molecular weight is 308 g/mol. The zero-order valence-corrected chi connectivity index (χ0v) is 13.7. The summed E-state index contributed by atoms with van der Waals surface area (Å²) in [6.45, 7) is 2.15. The first kappa shape index (κ1) is 15.3. The lowest BCUT2D eigenvalue weighted by Crippen LogP contribution is -2.09. The molecule has 0 aromatic heterocycles. The highest BCUT2D eigenvalue weighted by atomic mass is 16.5. The van der Waals surface area contributed by atoms with Gasteiger partial charge in [-0.1, -0.05) is 29.8 Å². The van der Waals surface area contributed by atoms with E-state index < -0.39 is 0 Å². The fraction of sp³-hybridized carbons (Fsp3) is 0.250. The number of ether oxygens (including phenoxy) is 2. The monoisotopic (exact) mass is 308 g/mol. The van der Waals surface area contributed by atoms with Crippen LogP contribution in [0.4, 0.5) is 0 Å². The van der Waals surface area contributed by atoms with Gasteiger partial charge in [-0.25, -0.2) is 4.79 Å². The van der Waals surface area contributed by atoms with Gasteiger partial charge in [0.1, 0.15) is 5.75 Å². The zero-order valence-electron chi connectivity index (χ0n) is 13.7. The quantitative estimate of drug-likeness (QED) is 0.795. The maximum Gasteiger partial charge on any atom is 0.337 e. The summed E-state index contributed by atoms with van der Waals surface area (Å²) >= 11 is 0. The Balaban J connectivity index is 2.20. The maximum atomic E-state index is 11.9. The molecule has 3 heteroatoms. The molecule has 0 saturated heterocycles. The van der Waals surface area contributed by atoms with E-state index in [0.717, 1.165) is 35.3 Å². The predicted molar refractivity (Wildman–Crippen MR) is 90.8 cm³/mol. The molecule has 0 aliphatic heterocycles. The van der Waals surface area contributed by atoms with Gasteiger partial charge in [-0.05, 0) is 54.7 Å². The van der Waals surface area contributed by atoms with E-state index in [9.17, 15) is 4.79 Å². The summed E-state index contributed by atoms with van der Waals surface area (Å²) in [7, 11) is 3.09. The number of aryl methyl sites for hydroxylation is 1. The molecule has 3 rings (SSSR count). The van der Waals surface area contributed by atoms with Crippen LogP contribution in [0.15, 0.2) is 48.0 Å². The Bertz CT molecular complexity index is 787. The van der Waals surface area contributed by atoms with Crippen molar-refractivity contribution in [2.45, 2.75) is 19.8 Å². The van der Waals surface area contributed by atoms with Gasteiger partial charge in [-0.3, -0.25) is 0 Å². The Morgan fingerprint density at radius 3 is 2.52 bits per heavy atom. The van der Waals surface area contributed by atoms with E-state index in [2.05, 4.69) is 13.0 Å². The smallest absolute Gasteiger partial charge is 0.337 e. The van der Waals surface area contributed by atoms with Crippen LogP contribution in [-0.2, 0) is 11.2 Å². The Morgan fingerprint density at radius 2 is 1.78 bits per heavy atom. The molecule has 1 aliphatic carbocycles. The van der Waals surface area contributed by atoms with E-state index in [0.29, 0.717) is 5.56 Å². The van der Waals surface area contributed by atoms with Crippen molar-refractivity contribution in [2.24, 2.45) is 0 Å². The first-order chi connectivity index (χ1) is 11.2. The second kappa shape index (κ2) is 6.29. The Morgan fingerprint density at radius 1 is 1.00 bits per heavy atom. The van der Waals surface area contributed by atoms with E-state index in [1.54, 1.807) is 7.11 Å². The van der Waals surface area contributed by atoms with Crippen molar-refractivity contribution in [2.75, 3.05) is 14.2 Å². The van der Waals surface area contributed by atoms with E-state index in [-0.39, 0.29) is 5.97 Å². The summed E-state index contributed by atoms with van der Waals surface area (Å²) in [4.78, 5) is 11.9. The first-order valence-electron chi connectivity index (χ1n) is 7.70. The number of carbonyl (C=O) groups excluding carboxylic acids is 1. The molecule has 23 heavy (non-hydrogen) atoms. The standard InChI is InChI=1S/C20H20O3/c1-13-8-9-14-10-11-15(20(21)23-3)12-17(14)19(13)16-6-4-5-7-18(16)22-2/h4-7,10-12H,8-9H2,1-3H3. The number of carbonyl (C=O) groups is 1. The summed E-state index contributed by atoms with van der Waals surface area (Å²) in [6.07, 6.45) is 2.00. The fourth-order valence-electron chi connectivity index (χ4n) is 3.18. The highest BCUT2D eigenvalue weighted by molar-refractivity contribution is 5.93. The molecule has 2 aromatic rings. The minimum absolute atomic E-state index is 0.310. The van der Waals surface area contributed by atoms with Crippen LogP contribution in [0.3, 0.4) is 0 Å². The van der Waals surface area contributed by atoms with E-state index in [1.165, 1.54) is 18.2 Å². The largest absolute Gasteiger partial charge is 0.496 e. The molecule has 0 radical (unpaired) electrons. The third-order valence-electron chi connectivity index (χ3n) is 4.37. The third-order valence-corrected chi connectivity index (χ3v) is 4.37. The fourth-order valence-corrected chi connectivity index (χ4v) is 3.18. The number of methoxy groups -OCH3 is 2. The Labute approximate surface area is 136 Å². The van der Waals surface area contributed by atoms with Gasteiger partial charge in [-0.15, -0.1) is 0 Å². The van der Waals surface area contributed by atoms with Crippen LogP contribution in [0.5, 0.6) is 5.75 Å². The van der Waals surface area contributed by atoms with E-state index >= 15 is 0 Å². The number of benzene rings is 2. The van der Waals surface area contributed by atoms with Crippen LogP contribution in [0.2, 0.25) is 0 Å². The number of hydrogen-bond donors (Lipinski definition) is 0. The molecule has 2 aromatic carbocycles. The summed E-state index contributed by atoms with van der Waals surface area (Å²) < 4.78 is 10.4. The van der Waals surface area contributed by atoms with Crippen molar-refractivity contribution in [1.29, 1.82) is 0 Å². The minimum Gasteiger partial charge on any atom is -0.496 e. The lowest BCUT2D eigenvalue weighted by molar-refractivity contribution is 0.0600. The first-order valence-corrected chi connectivity index (χ1v) is 7.70. The molecule has 0 fully saturated rings. The normalized spacial score (nSPS) is 13.5. The van der Waals surface area contributed by atoms with Crippen LogP contribution in [0, 0.1) is 0 Å². The van der Waals surface area contributed by atoms with Gasteiger partial charge >= 0.3 is 5.97 Å². The molecule has 0 saturated carbocycles. The Hall–Kier alpha value is -2.55.